The van der Waals surface area contributed by atoms with E-state index in [1.807, 2.05) is 37.2 Å². The lowest BCUT2D eigenvalue weighted by Gasteiger charge is -2.13. The van der Waals surface area contributed by atoms with Crippen LogP contribution in [-0.2, 0) is 0 Å². The van der Waals surface area contributed by atoms with Gasteiger partial charge in [-0.25, -0.2) is 4.98 Å². The molecule has 0 saturated carbocycles. The van der Waals surface area contributed by atoms with E-state index in [-0.39, 0.29) is 5.91 Å². The van der Waals surface area contributed by atoms with Crippen molar-refractivity contribution in [1.29, 1.82) is 0 Å². The lowest BCUT2D eigenvalue weighted by molar-refractivity contribution is 0.102. The predicted octanol–water partition coefficient (Wildman–Crippen LogP) is 2.94. The first-order valence-electron chi connectivity index (χ1n) is 8.23. The number of carbonyl (C=O) groups is 1. The fourth-order valence-corrected chi connectivity index (χ4v) is 2.29. The summed E-state index contributed by atoms with van der Waals surface area (Å²) in [6.45, 7) is 0. The summed E-state index contributed by atoms with van der Waals surface area (Å²) in [6.07, 6.45) is 3.17. The predicted molar refractivity (Wildman–Crippen MR) is 105 cm³/mol. The second kappa shape index (κ2) is 8.13. The number of nitrogens with one attached hydrogen (secondary N) is 2. The van der Waals surface area contributed by atoms with Crippen molar-refractivity contribution < 1.29 is 9.53 Å². The Morgan fingerprint density at radius 3 is 2.41 bits per heavy atom. The molecule has 0 aliphatic carbocycles. The summed E-state index contributed by atoms with van der Waals surface area (Å²) in [5.41, 5.74) is 2.91. The summed E-state index contributed by atoms with van der Waals surface area (Å²) < 4.78 is 4.99. The van der Waals surface area contributed by atoms with Gasteiger partial charge in [-0.1, -0.05) is 0 Å². The van der Waals surface area contributed by atoms with Crippen LogP contribution in [-0.4, -0.2) is 42.3 Å². The third-order valence-corrected chi connectivity index (χ3v) is 3.78. The maximum atomic E-state index is 12.3. The molecule has 0 atom stereocenters. The van der Waals surface area contributed by atoms with Crippen LogP contribution in [0, 0.1) is 0 Å². The lowest BCUT2D eigenvalue weighted by atomic mass is 10.2. The van der Waals surface area contributed by atoms with Crippen LogP contribution in [0.25, 0.3) is 0 Å². The maximum absolute atomic E-state index is 12.3. The number of amides is 1. The molecule has 0 aliphatic heterocycles. The zero-order valence-corrected chi connectivity index (χ0v) is 15.3. The van der Waals surface area contributed by atoms with Crippen LogP contribution in [0.2, 0.25) is 0 Å². The van der Waals surface area contributed by atoms with Crippen LogP contribution in [0.5, 0.6) is 5.88 Å². The van der Waals surface area contributed by atoms with Crippen molar-refractivity contribution in [2.24, 2.45) is 0 Å². The summed E-state index contributed by atoms with van der Waals surface area (Å²) >= 11 is 0. The van der Waals surface area contributed by atoms with E-state index >= 15 is 0 Å². The van der Waals surface area contributed by atoms with Crippen LogP contribution >= 0.6 is 0 Å². The van der Waals surface area contributed by atoms with Crippen molar-refractivity contribution in [2.75, 3.05) is 36.7 Å². The van der Waals surface area contributed by atoms with E-state index in [2.05, 4.69) is 25.8 Å². The molecule has 2 heterocycles. The lowest BCUT2D eigenvalue weighted by Crippen LogP contribution is -2.12. The van der Waals surface area contributed by atoms with E-state index in [0.29, 0.717) is 22.9 Å². The molecule has 0 spiro atoms. The van der Waals surface area contributed by atoms with Gasteiger partial charge in [0.2, 0.25) is 5.88 Å². The van der Waals surface area contributed by atoms with Crippen LogP contribution in [0.4, 0.5) is 22.9 Å². The van der Waals surface area contributed by atoms with E-state index in [0.717, 1.165) is 11.4 Å². The van der Waals surface area contributed by atoms with Gasteiger partial charge in [0.15, 0.2) is 5.82 Å². The Morgan fingerprint density at radius 2 is 1.78 bits per heavy atom. The highest BCUT2D eigenvalue weighted by Crippen LogP contribution is 2.20. The van der Waals surface area contributed by atoms with Crippen LogP contribution < -0.4 is 20.3 Å². The number of carbonyl (C=O) groups excluding carboxylic acids is 1. The van der Waals surface area contributed by atoms with Crippen LogP contribution in [0.15, 0.2) is 54.9 Å². The number of hydrogen-bond acceptors (Lipinski definition) is 7. The number of hydrogen-bond donors (Lipinski definition) is 2. The van der Waals surface area contributed by atoms with Crippen molar-refractivity contribution in [2.45, 2.75) is 0 Å². The number of methoxy groups -OCH3 is 1. The van der Waals surface area contributed by atoms with Crippen LogP contribution in [0.3, 0.4) is 0 Å². The molecule has 138 valence electrons. The molecule has 3 aromatic rings. The first-order valence-corrected chi connectivity index (χ1v) is 8.23. The summed E-state index contributed by atoms with van der Waals surface area (Å²) in [6, 6.07) is 12.5. The highest BCUT2D eigenvalue weighted by atomic mass is 16.5. The fourth-order valence-electron chi connectivity index (χ4n) is 2.29. The molecule has 8 heteroatoms. The van der Waals surface area contributed by atoms with Gasteiger partial charge >= 0.3 is 0 Å². The second-order valence-corrected chi connectivity index (χ2v) is 5.94. The maximum Gasteiger partial charge on any atom is 0.257 e. The molecule has 2 aromatic heterocycles. The average Bonchev–Trinajstić information content (AvgIpc) is 2.69. The first-order chi connectivity index (χ1) is 13.0. The number of benzene rings is 1. The Balaban J connectivity index is 1.64. The van der Waals surface area contributed by atoms with Crippen molar-refractivity contribution in [3.8, 4) is 5.88 Å². The molecule has 1 aromatic carbocycles. The molecule has 0 unspecified atom stereocenters. The van der Waals surface area contributed by atoms with E-state index in [4.69, 9.17) is 4.74 Å². The Morgan fingerprint density at radius 1 is 1.04 bits per heavy atom. The minimum absolute atomic E-state index is 0.240. The van der Waals surface area contributed by atoms with Crippen molar-refractivity contribution in [1.82, 2.24) is 15.2 Å². The van der Waals surface area contributed by atoms with Crippen molar-refractivity contribution in [3.63, 3.8) is 0 Å². The Hall–Kier alpha value is -3.68. The van der Waals surface area contributed by atoms with E-state index in [1.165, 1.54) is 13.3 Å². The molecule has 8 nitrogen and oxygen atoms in total. The average molecular weight is 364 g/mol. The van der Waals surface area contributed by atoms with E-state index in [1.54, 1.807) is 30.5 Å². The molecule has 0 bridgehead atoms. The van der Waals surface area contributed by atoms with Gasteiger partial charge in [-0.15, -0.1) is 5.10 Å². The molecule has 0 radical (unpaired) electrons. The van der Waals surface area contributed by atoms with E-state index < -0.39 is 0 Å². The van der Waals surface area contributed by atoms with Gasteiger partial charge in [0.05, 0.1) is 24.6 Å². The zero-order chi connectivity index (χ0) is 19.2. The normalized spacial score (nSPS) is 10.2. The van der Waals surface area contributed by atoms with Crippen LogP contribution in [0.1, 0.15) is 10.4 Å². The van der Waals surface area contributed by atoms with Gasteiger partial charge in [0.25, 0.3) is 5.91 Å². The van der Waals surface area contributed by atoms with E-state index in [9.17, 15) is 4.79 Å². The van der Waals surface area contributed by atoms with Gasteiger partial charge in [0.1, 0.15) is 0 Å². The largest absolute Gasteiger partial charge is 0.481 e. The van der Waals surface area contributed by atoms with Crippen molar-refractivity contribution >= 4 is 28.8 Å². The molecule has 1 amide bonds. The number of aromatic nitrogens is 3. The monoisotopic (exact) mass is 364 g/mol. The fraction of sp³-hybridized carbons (Fsp3) is 0.158. The molecule has 0 fully saturated rings. The number of nitrogens with zero attached hydrogens (tertiary/aromatic N) is 4. The first kappa shape index (κ1) is 18.1. The highest BCUT2D eigenvalue weighted by Gasteiger charge is 2.07. The highest BCUT2D eigenvalue weighted by molar-refractivity contribution is 6.04. The van der Waals surface area contributed by atoms with Gasteiger partial charge < -0.3 is 20.3 Å². The molecule has 27 heavy (non-hydrogen) atoms. The van der Waals surface area contributed by atoms with Gasteiger partial charge in [-0.3, -0.25) is 4.79 Å². The minimum atomic E-state index is -0.240. The summed E-state index contributed by atoms with van der Waals surface area (Å²) in [5.74, 6) is 0.862. The molecule has 3 rings (SSSR count). The quantitative estimate of drug-likeness (QED) is 0.695. The SMILES string of the molecule is COc1ccc(C(=O)Nc2ccc(Nc3cc(N(C)C)cnn3)cc2)cn1. The Kier molecular flexibility index (Phi) is 5.46. The summed E-state index contributed by atoms with van der Waals surface area (Å²) in [4.78, 5) is 18.2. The number of pyridine rings is 1. The summed E-state index contributed by atoms with van der Waals surface area (Å²) in [7, 11) is 5.41. The van der Waals surface area contributed by atoms with Gasteiger partial charge in [-0.2, -0.15) is 5.10 Å². The molecular formula is C19H20N6O2. The Labute approximate surface area is 157 Å². The standard InChI is InChI=1S/C19H20N6O2/c1-25(2)16-10-17(24-21-12-16)22-14-5-7-15(8-6-14)23-19(26)13-4-9-18(27-3)20-11-13/h4-12H,1-3H3,(H,22,24)(H,23,26). The van der Waals surface area contributed by atoms with Gasteiger partial charge in [0, 0.05) is 43.8 Å². The molecule has 0 saturated heterocycles. The Bertz CT molecular complexity index is 910. The number of ether oxygens (including phenoxy) is 1. The minimum Gasteiger partial charge on any atom is -0.481 e. The zero-order valence-electron chi connectivity index (χ0n) is 15.3. The second-order valence-electron chi connectivity index (χ2n) is 5.94. The summed E-state index contributed by atoms with van der Waals surface area (Å²) in [5, 5.41) is 14.1. The molecule has 0 aliphatic rings. The smallest absolute Gasteiger partial charge is 0.257 e. The topological polar surface area (TPSA) is 92.3 Å². The molecular weight excluding hydrogens is 344 g/mol. The number of rotatable bonds is 6. The van der Waals surface area contributed by atoms with Crippen molar-refractivity contribution in [3.05, 3.63) is 60.4 Å². The number of anilines is 4. The third kappa shape index (κ3) is 4.69. The van der Waals surface area contributed by atoms with Gasteiger partial charge in [-0.05, 0) is 30.3 Å². The third-order valence-electron chi connectivity index (χ3n) is 3.78. The molecule has 2 N–H and O–H groups in total.